The minimum Gasteiger partial charge on any atom is -0.469 e. The maximum absolute atomic E-state index is 11.8. The second-order valence-corrected chi connectivity index (χ2v) is 5.87. The van der Waals surface area contributed by atoms with Crippen LogP contribution in [0.1, 0.15) is 40.0 Å². The van der Waals surface area contributed by atoms with Crippen molar-refractivity contribution in [2.24, 2.45) is 11.3 Å². The first-order valence-corrected chi connectivity index (χ1v) is 6.90. The largest absolute Gasteiger partial charge is 0.469 e. The number of likely N-dealkylation sites (tertiary alicyclic amines) is 1. The Balaban J connectivity index is 2.60. The Labute approximate surface area is 110 Å². The van der Waals surface area contributed by atoms with Crippen molar-refractivity contribution in [3.63, 3.8) is 0 Å². The van der Waals surface area contributed by atoms with Crippen LogP contribution in [0.25, 0.3) is 0 Å². The normalized spacial score (nSPS) is 23.7. The third kappa shape index (κ3) is 3.69. The minimum absolute atomic E-state index is 0.134. The molecule has 1 aliphatic rings. The topological polar surface area (TPSA) is 49.8 Å². The molecule has 0 aliphatic carbocycles. The number of piperidine rings is 1. The molecule has 1 aliphatic heterocycles. The van der Waals surface area contributed by atoms with Crippen LogP contribution in [0.15, 0.2) is 0 Å². The van der Waals surface area contributed by atoms with Gasteiger partial charge in [0.25, 0.3) is 0 Å². The zero-order chi connectivity index (χ0) is 13.8. The Kier molecular flexibility index (Phi) is 5.60. The van der Waals surface area contributed by atoms with Crippen molar-refractivity contribution in [2.75, 3.05) is 26.7 Å². The smallest absolute Gasteiger partial charge is 0.311 e. The molecule has 0 unspecified atom stereocenters. The highest BCUT2D eigenvalue weighted by Crippen LogP contribution is 2.35. The van der Waals surface area contributed by atoms with E-state index in [1.165, 1.54) is 7.11 Å². The quantitative estimate of drug-likeness (QED) is 0.761. The van der Waals surface area contributed by atoms with Gasteiger partial charge in [-0.2, -0.15) is 0 Å². The number of aliphatic hydroxyl groups is 1. The highest BCUT2D eigenvalue weighted by atomic mass is 16.5. The minimum atomic E-state index is -0.440. The van der Waals surface area contributed by atoms with E-state index in [0.717, 1.165) is 32.4 Å². The number of aliphatic hydroxyl groups excluding tert-OH is 1. The predicted molar refractivity (Wildman–Crippen MR) is 71.3 cm³/mol. The van der Waals surface area contributed by atoms with Gasteiger partial charge >= 0.3 is 5.97 Å². The second kappa shape index (κ2) is 6.53. The number of β-amino-alcohol motifs (C(OH)–C–C–N with tert-alkyl or cyclic N) is 1. The zero-order valence-electron chi connectivity index (χ0n) is 12.1. The van der Waals surface area contributed by atoms with Crippen LogP contribution < -0.4 is 0 Å². The van der Waals surface area contributed by atoms with Gasteiger partial charge in [0.05, 0.1) is 18.6 Å². The molecule has 1 heterocycles. The summed E-state index contributed by atoms with van der Waals surface area (Å²) in [6.07, 6.45) is 2.66. The fourth-order valence-electron chi connectivity index (χ4n) is 2.67. The number of nitrogens with zero attached hydrogens (tertiary/aromatic N) is 1. The molecule has 1 rings (SSSR count). The van der Waals surface area contributed by atoms with E-state index in [0.29, 0.717) is 12.5 Å². The van der Waals surface area contributed by atoms with Crippen molar-refractivity contribution < 1.29 is 14.6 Å². The molecule has 1 fully saturated rings. The van der Waals surface area contributed by atoms with Crippen LogP contribution in [0.5, 0.6) is 0 Å². The van der Waals surface area contributed by atoms with Gasteiger partial charge < -0.3 is 14.7 Å². The molecule has 0 saturated carbocycles. The standard InChI is InChI=1S/C14H27NO3/c1-5-12(16)10-15-8-6-7-11(9-15)14(2,3)13(17)18-4/h11-12,16H,5-10H2,1-4H3/t11-,12-/m1/s1. The Morgan fingerprint density at radius 2 is 2.22 bits per heavy atom. The van der Waals surface area contributed by atoms with E-state index in [4.69, 9.17) is 4.74 Å². The molecule has 4 heteroatoms. The van der Waals surface area contributed by atoms with Crippen molar-refractivity contribution >= 4 is 5.97 Å². The maximum atomic E-state index is 11.8. The fourth-order valence-corrected chi connectivity index (χ4v) is 2.67. The van der Waals surface area contributed by atoms with E-state index in [-0.39, 0.29) is 12.1 Å². The summed E-state index contributed by atoms with van der Waals surface area (Å²) in [5.41, 5.74) is -0.440. The molecule has 0 amide bonds. The van der Waals surface area contributed by atoms with Gasteiger partial charge in [-0.25, -0.2) is 0 Å². The highest BCUT2D eigenvalue weighted by Gasteiger charge is 2.39. The van der Waals surface area contributed by atoms with Crippen LogP contribution >= 0.6 is 0 Å². The predicted octanol–water partition coefficient (Wildman–Crippen LogP) is 1.67. The number of hydrogen-bond donors (Lipinski definition) is 1. The van der Waals surface area contributed by atoms with E-state index in [2.05, 4.69) is 4.90 Å². The Morgan fingerprint density at radius 1 is 1.56 bits per heavy atom. The molecular weight excluding hydrogens is 230 g/mol. The molecule has 1 N–H and O–H groups in total. The summed E-state index contributed by atoms with van der Waals surface area (Å²) < 4.78 is 4.90. The summed E-state index contributed by atoms with van der Waals surface area (Å²) in [4.78, 5) is 14.1. The molecule has 0 aromatic rings. The first kappa shape index (κ1) is 15.4. The second-order valence-electron chi connectivity index (χ2n) is 5.87. The van der Waals surface area contributed by atoms with Crippen LogP contribution in [-0.2, 0) is 9.53 Å². The Bertz CT molecular complexity index is 278. The zero-order valence-corrected chi connectivity index (χ0v) is 12.1. The van der Waals surface area contributed by atoms with E-state index < -0.39 is 5.41 Å². The number of methoxy groups -OCH3 is 1. The molecule has 0 spiro atoms. The molecule has 0 aromatic carbocycles. The van der Waals surface area contributed by atoms with Crippen molar-refractivity contribution in [2.45, 2.75) is 46.1 Å². The van der Waals surface area contributed by atoms with Gasteiger partial charge in [-0.15, -0.1) is 0 Å². The lowest BCUT2D eigenvalue weighted by atomic mass is 9.74. The third-order valence-electron chi connectivity index (χ3n) is 4.18. The Morgan fingerprint density at radius 3 is 2.78 bits per heavy atom. The summed E-state index contributed by atoms with van der Waals surface area (Å²) in [5.74, 6) is 0.174. The van der Waals surface area contributed by atoms with Crippen molar-refractivity contribution in [3.05, 3.63) is 0 Å². The molecule has 0 aromatic heterocycles. The van der Waals surface area contributed by atoms with Gasteiger partial charge in [0.2, 0.25) is 0 Å². The summed E-state index contributed by atoms with van der Waals surface area (Å²) in [6.45, 7) is 8.52. The lowest BCUT2D eigenvalue weighted by Crippen LogP contribution is -2.47. The average molecular weight is 257 g/mol. The van der Waals surface area contributed by atoms with Crippen molar-refractivity contribution in [1.82, 2.24) is 4.90 Å². The molecule has 1 saturated heterocycles. The van der Waals surface area contributed by atoms with E-state index in [9.17, 15) is 9.90 Å². The van der Waals surface area contributed by atoms with Crippen LogP contribution in [0.4, 0.5) is 0 Å². The number of ether oxygens (including phenoxy) is 1. The number of rotatable bonds is 5. The summed E-state index contributed by atoms with van der Waals surface area (Å²) >= 11 is 0. The number of hydrogen-bond acceptors (Lipinski definition) is 4. The van der Waals surface area contributed by atoms with Crippen LogP contribution in [0.2, 0.25) is 0 Å². The van der Waals surface area contributed by atoms with E-state index in [1.54, 1.807) is 0 Å². The number of carbonyl (C=O) groups is 1. The molecule has 0 bridgehead atoms. The van der Waals surface area contributed by atoms with Gasteiger partial charge in [-0.3, -0.25) is 4.79 Å². The molecule has 106 valence electrons. The van der Waals surface area contributed by atoms with E-state index in [1.807, 2.05) is 20.8 Å². The van der Waals surface area contributed by atoms with Gasteiger partial charge in [0.1, 0.15) is 0 Å². The number of esters is 1. The highest BCUT2D eigenvalue weighted by molar-refractivity contribution is 5.76. The van der Waals surface area contributed by atoms with Gasteiger partial charge in [-0.05, 0) is 45.6 Å². The summed E-state index contributed by atoms with van der Waals surface area (Å²) in [7, 11) is 1.45. The van der Waals surface area contributed by atoms with Crippen LogP contribution in [0, 0.1) is 11.3 Å². The van der Waals surface area contributed by atoms with Gasteiger partial charge in [-0.1, -0.05) is 6.92 Å². The van der Waals surface area contributed by atoms with Gasteiger partial charge in [0, 0.05) is 13.1 Å². The molecule has 4 nitrogen and oxygen atoms in total. The lowest BCUT2D eigenvalue weighted by Gasteiger charge is -2.40. The lowest BCUT2D eigenvalue weighted by molar-refractivity contribution is -0.155. The first-order valence-electron chi connectivity index (χ1n) is 6.90. The van der Waals surface area contributed by atoms with Crippen LogP contribution in [0.3, 0.4) is 0 Å². The fraction of sp³-hybridized carbons (Fsp3) is 0.929. The summed E-state index contributed by atoms with van der Waals surface area (Å²) in [6, 6.07) is 0. The average Bonchev–Trinajstić information content (AvgIpc) is 2.37. The number of carbonyl (C=O) groups excluding carboxylic acids is 1. The SMILES string of the molecule is CC[C@@H](O)CN1CCC[C@@H](C(C)(C)C(=O)OC)C1. The molecular formula is C14H27NO3. The monoisotopic (exact) mass is 257 g/mol. The Hall–Kier alpha value is -0.610. The molecule has 2 atom stereocenters. The van der Waals surface area contributed by atoms with Crippen molar-refractivity contribution in [3.8, 4) is 0 Å². The van der Waals surface area contributed by atoms with E-state index >= 15 is 0 Å². The van der Waals surface area contributed by atoms with Gasteiger partial charge in [0.15, 0.2) is 0 Å². The maximum Gasteiger partial charge on any atom is 0.311 e. The van der Waals surface area contributed by atoms with Crippen molar-refractivity contribution in [1.29, 1.82) is 0 Å². The third-order valence-corrected chi connectivity index (χ3v) is 4.18. The summed E-state index contributed by atoms with van der Waals surface area (Å²) in [5, 5.41) is 9.72. The molecule has 18 heavy (non-hydrogen) atoms. The van der Waals surface area contributed by atoms with Crippen LogP contribution in [-0.4, -0.2) is 48.8 Å². The molecule has 0 radical (unpaired) electrons. The first-order chi connectivity index (χ1) is 8.41.